The summed E-state index contributed by atoms with van der Waals surface area (Å²) in [6, 6.07) is 0. The third-order valence-corrected chi connectivity index (χ3v) is 3.30. The molecule has 0 N–H and O–H groups in total. The minimum absolute atomic E-state index is 0.0431. The van der Waals surface area contributed by atoms with Crippen LogP contribution in [0.5, 0.6) is 0 Å². The summed E-state index contributed by atoms with van der Waals surface area (Å²) in [6.07, 6.45) is 3.56. The highest BCUT2D eigenvalue weighted by molar-refractivity contribution is 4.93. The van der Waals surface area contributed by atoms with Crippen LogP contribution >= 0.6 is 0 Å². The van der Waals surface area contributed by atoms with E-state index < -0.39 is 11.8 Å². The number of hydrogen-bond donors (Lipinski definition) is 0. The quantitative estimate of drug-likeness (QED) is 0.772. The maximum absolute atomic E-state index is 13.3. The van der Waals surface area contributed by atoms with Crippen LogP contribution in [-0.4, -0.2) is 33.5 Å². The molecule has 0 aliphatic carbocycles. The van der Waals surface area contributed by atoms with Gasteiger partial charge >= 0.3 is 0 Å². The van der Waals surface area contributed by atoms with E-state index in [9.17, 15) is 8.78 Å². The zero-order valence-electron chi connectivity index (χ0n) is 9.66. The summed E-state index contributed by atoms with van der Waals surface area (Å²) >= 11 is 0. The van der Waals surface area contributed by atoms with Gasteiger partial charge in [0.1, 0.15) is 5.82 Å². The number of hydrogen-bond acceptors (Lipinski definition) is 2. The van der Waals surface area contributed by atoms with E-state index in [1.54, 1.807) is 13.1 Å². The number of aryl methyl sites for hydroxylation is 1. The van der Waals surface area contributed by atoms with Crippen molar-refractivity contribution in [2.45, 2.75) is 25.8 Å². The topological polar surface area (TPSA) is 21.1 Å². The molecule has 0 saturated carbocycles. The first-order valence-electron chi connectivity index (χ1n) is 5.55. The van der Waals surface area contributed by atoms with Gasteiger partial charge in [0.05, 0.1) is 6.54 Å². The van der Waals surface area contributed by atoms with Gasteiger partial charge in [-0.15, -0.1) is 0 Å². The zero-order valence-corrected chi connectivity index (χ0v) is 9.66. The Morgan fingerprint density at radius 3 is 2.88 bits per heavy atom. The Kier molecular flexibility index (Phi) is 2.97. The first kappa shape index (κ1) is 11.5. The van der Waals surface area contributed by atoms with Gasteiger partial charge in [-0.25, -0.2) is 13.8 Å². The Morgan fingerprint density at radius 2 is 2.31 bits per heavy atom. The van der Waals surface area contributed by atoms with Gasteiger partial charge in [-0.05, 0) is 0 Å². The molecule has 0 amide bonds. The lowest BCUT2D eigenvalue weighted by atomic mass is 9.95. The van der Waals surface area contributed by atoms with Crippen molar-refractivity contribution in [2.75, 3.05) is 13.1 Å². The van der Waals surface area contributed by atoms with E-state index in [2.05, 4.69) is 4.98 Å². The molecule has 5 heteroatoms. The van der Waals surface area contributed by atoms with Crippen LogP contribution in [0.25, 0.3) is 0 Å². The fourth-order valence-electron chi connectivity index (χ4n) is 2.06. The standard InChI is InChI=1S/C11H17F2N3/c1-9-7-16(5-3-11(9,12)13)8-10-14-4-6-15(10)2/h4,6,9H,3,5,7-8H2,1-2H3/t9-/m0/s1. The number of halogens is 2. The van der Waals surface area contributed by atoms with E-state index >= 15 is 0 Å². The summed E-state index contributed by atoms with van der Waals surface area (Å²) in [7, 11) is 1.92. The van der Waals surface area contributed by atoms with Crippen LogP contribution in [0.1, 0.15) is 19.2 Å². The van der Waals surface area contributed by atoms with Gasteiger partial charge < -0.3 is 4.57 Å². The summed E-state index contributed by atoms with van der Waals surface area (Å²) in [6.45, 7) is 3.17. The van der Waals surface area contributed by atoms with Gasteiger partial charge in [-0.2, -0.15) is 0 Å². The Balaban J connectivity index is 1.96. The monoisotopic (exact) mass is 229 g/mol. The maximum atomic E-state index is 13.3. The van der Waals surface area contributed by atoms with Crippen LogP contribution in [0, 0.1) is 5.92 Å². The van der Waals surface area contributed by atoms with Gasteiger partial charge in [0.2, 0.25) is 0 Å². The number of nitrogens with zero attached hydrogens (tertiary/aromatic N) is 3. The minimum Gasteiger partial charge on any atom is -0.337 e. The van der Waals surface area contributed by atoms with Crippen LogP contribution in [-0.2, 0) is 13.6 Å². The summed E-state index contributed by atoms with van der Waals surface area (Å²) in [5, 5.41) is 0. The SMILES string of the molecule is C[C@H]1CN(Cc2nccn2C)CCC1(F)F. The molecule has 16 heavy (non-hydrogen) atoms. The van der Waals surface area contributed by atoms with Gasteiger partial charge in [-0.1, -0.05) is 6.92 Å². The van der Waals surface area contributed by atoms with Crippen LogP contribution in [0.2, 0.25) is 0 Å². The van der Waals surface area contributed by atoms with Crippen molar-refractivity contribution in [3.8, 4) is 0 Å². The lowest BCUT2D eigenvalue weighted by molar-refractivity contribution is -0.101. The second-order valence-corrected chi connectivity index (χ2v) is 4.60. The van der Waals surface area contributed by atoms with E-state index in [1.165, 1.54) is 0 Å². The number of imidazole rings is 1. The van der Waals surface area contributed by atoms with E-state index in [0.29, 0.717) is 19.6 Å². The second-order valence-electron chi connectivity index (χ2n) is 4.60. The molecule has 2 rings (SSSR count). The third-order valence-electron chi connectivity index (χ3n) is 3.30. The molecule has 0 spiro atoms. The molecular formula is C11H17F2N3. The van der Waals surface area contributed by atoms with Gasteiger partial charge in [0.15, 0.2) is 0 Å². The van der Waals surface area contributed by atoms with E-state index in [4.69, 9.17) is 0 Å². The molecule has 90 valence electrons. The second kappa shape index (κ2) is 4.13. The van der Waals surface area contributed by atoms with Crippen LogP contribution in [0.4, 0.5) is 8.78 Å². The van der Waals surface area contributed by atoms with Crippen LogP contribution in [0.15, 0.2) is 12.4 Å². The zero-order chi connectivity index (χ0) is 11.8. The Morgan fingerprint density at radius 1 is 1.56 bits per heavy atom. The molecule has 1 saturated heterocycles. The molecule has 1 aromatic heterocycles. The normalized spacial score (nSPS) is 25.9. The van der Waals surface area contributed by atoms with Gasteiger partial charge in [0.25, 0.3) is 5.92 Å². The molecule has 0 unspecified atom stereocenters. The number of aromatic nitrogens is 2. The molecular weight excluding hydrogens is 212 g/mol. The maximum Gasteiger partial charge on any atom is 0.253 e. The summed E-state index contributed by atoms with van der Waals surface area (Å²) in [5.74, 6) is -2.14. The van der Waals surface area contributed by atoms with E-state index in [0.717, 1.165) is 5.82 Å². The number of rotatable bonds is 2. The van der Waals surface area contributed by atoms with E-state index in [1.807, 2.05) is 22.7 Å². The van der Waals surface area contributed by atoms with Gasteiger partial charge in [-0.3, -0.25) is 4.90 Å². The highest BCUT2D eigenvalue weighted by Gasteiger charge is 2.41. The largest absolute Gasteiger partial charge is 0.337 e. The van der Waals surface area contributed by atoms with Crippen molar-refractivity contribution in [1.29, 1.82) is 0 Å². The molecule has 0 bridgehead atoms. The predicted octanol–water partition coefficient (Wildman–Crippen LogP) is 1.90. The Hall–Kier alpha value is -0.970. The number of alkyl halides is 2. The smallest absolute Gasteiger partial charge is 0.253 e. The Labute approximate surface area is 94.1 Å². The average molecular weight is 229 g/mol. The summed E-state index contributed by atoms with van der Waals surface area (Å²) < 4.78 is 28.5. The van der Waals surface area contributed by atoms with Crippen LogP contribution < -0.4 is 0 Å². The molecule has 1 aliphatic heterocycles. The van der Waals surface area contributed by atoms with Crippen molar-refractivity contribution >= 4 is 0 Å². The number of likely N-dealkylation sites (tertiary alicyclic amines) is 1. The summed E-state index contributed by atoms with van der Waals surface area (Å²) in [4.78, 5) is 6.25. The summed E-state index contributed by atoms with van der Waals surface area (Å²) in [5.41, 5.74) is 0. The molecule has 1 fully saturated rings. The van der Waals surface area contributed by atoms with Gasteiger partial charge in [0, 0.05) is 44.9 Å². The molecule has 1 aromatic rings. The van der Waals surface area contributed by atoms with E-state index in [-0.39, 0.29) is 6.42 Å². The van der Waals surface area contributed by atoms with Crippen molar-refractivity contribution in [2.24, 2.45) is 13.0 Å². The minimum atomic E-state index is -2.50. The highest BCUT2D eigenvalue weighted by atomic mass is 19.3. The first-order chi connectivity index (χ1) is 7.49. The average Bonchev–Trinajstić information content (AvgIpc) is 2.59. The van der Waals surface area contributed by atoms with Crippen molar-refractivity contribution in [3.05, 3.63) is 18.2 Å². The third kappa shape index (κ3) is 2.24. The Bertz CT molecular complexity index is 362. The lowest BCUT2D eigenvalue weighted by Crippen LogP contribution is -2.45. The predicted molar refractivity (Wildman–Crippen MR) is 57.2 cm³/mol. The molecule has 0 aromatic carbocycles. The van der Waals surface area contributed by atoms with Crippen molar-refractivity contribution in [1.82, 2.24) is 14.5 Å². The lowest BCUT2D eigenvalue weighted by Gasteiger charge is -2.36. The molecule has 1 atom stereocenters. The van der Waals surface area contributed by atoms with Crippen molar-refractivity contribution < 1.29 is 8.78 Å². The first-order valence-corrected chi connectivity index (χ1v) is 5.55. The number of piperidine rings is 1. The van der Waals surface area contributed by atoms with Crippen LogP contribution in [0.3, 0.4) is 0 Å². The fourth-order valence-corrected chi connectivity index (χ4v) is 2.06. The molecule has 0 radical (unpaired) electrons. The molecule has 1 aliphatic rings. The van der Waals surface area contributed by atoms with Crippen molar-refractivity contribution in [3.63, 3.8) is 0 Å². The fraction of sp³-hybridized carbons (Fsp3) is 0.727. The molecule has 2 heterocycles. The highest BCUT2D eigenvalue weighted by Crippen LogP contribution is 2.33. The molecule has 3 nitrogen and oxygen atoms in total.